The summed E-state index contributed by atoms with van der Waals surface area (Å²) in [7, 11) is 5.81. The first kappa shape index (κ1) is 15.1. The van der Waals surface area contributed by atoms with Gasteiger partial charge in [-0.2, -0.15) is 0 Å². The maximum atomic E-state index is 6.32. The van der Waals surface area contributed by atoms with Crippen molar-refractivity contribution in [2.45, 2.75) is 25.3 Å². The molecular weight excluding hydrogens is 274 g/mol. The highest BCUT2D eigenvalue weighted by atomic mass is 35.5. The number of nitrogens with zero attached hydrogens (tertiary/aromatic N) is 3. The van der Waals surface area contributed by atoms with Gasteiger partial charge in [0.1, 0.15) is 17.1 Å². The van der Waals surface area contributed by atoms with Crippen molar-refractivity contribution in [1.82, 2.24) is 14.5 Å². The molecule has 0 saturated carbocycles. The molecule has 0 fully saturated rings. The predicted octanol–water partition coefficient (Wildman–Crippen LogP) is 3.47. The minimum absolute atomic E-state index is 0.142. The highest BCUT2D eigenvalue weighted by Crippen LogP contribution is 2.32. The van der Waals surface area contributed by atoms with Crippen molar-refractivity contribution in [2.24, 2.45) is 0 Å². The second kappa shape index (κ2) is 6.02. The molecule has 1 heterocycles. The number of likely N-dealkylation sites (N-methyl/N-ethyl adjacent to an activating group) is 1. The van der Waals surface area contributed by atoms with E-state index in [0.29, 0.717) is 6.04 Å². The van der Waals surface area contributed by atoms with E-state index in [-0.39, 0.29) is 5.38 Å². The van der Waals surface area contributed by atoms with E-state index in [0.717, 1.165) is 29.2 Å². The van der Waals surface area contributed by atoms with Gasteiger partial charge in [-0.1, -0.05) is 6.07 Å². The Labute approximate surface area is 125 Å². The van der Waals surface area contributed by atoms with Gasteiger partial charge in [-0.3, -0.25) is 0 Å². The van der Waals surface area contributed by atoms with Crippen LogP contribution in [0.25, 0.3) is 11.0 Å². The number of imidazole rings is 1. The Morgan fingerprint density at radius 1 is 1.35 bits per heavy atom. The molecule has 2 atom stereocenters. The first-order valence-electron chi connectivity index (χ1n) is 6.79. The lowest BCUT2D eigenvalue weighted by atomic mass is 10.2. The van der Waals surface area contributed by atoms with Crippen LogP contribution in [0.15, 0.2) is 18.2 Å². The molecule has 0 aliphatic carbocycles. The molecule has 1 aromatic carbocycles. The summed E-state index contributed by atoms with van der Waals surface area (Å²) in [6.45, 7) is 5.07. The molecule has 20 heavy (non-hydrogen) atoms. The van der Waals surface area contributed by atoms with Crippen LogP contribution in [0, 0.1) is 0 Å². The van der Waals surface area contributed by atoms with Gasteiger partial charge in [0.25, 0.3) is 0 Å². The molecule has 0 aliphatic heterocycles. The topological polar surface area (TPSA) is 30.3 Å². The molecule has 2 unspecified atom stereocenters. The summed E-state index contributed by atoms with van der Waals surface area (Å²) < 4.78 is 7.62. The molecule has 0 saturated heterocycles. The number of aromatic nitrogens is 2. The zero-order valence-electron chi connectivity index (χ0n) is 12.7. The van der Waals surface area contributed by atoms with Crippen molar-refractivity contribution in [2.75, 3.05) is 27.7 Å². The minimum Gasteiger partial charge on any atom is -0.494 e. The third-order valence-corrected chi connectivity index (χ3v) is 3.55. The number of rotatable bonds is 5. The van der Waals surface area contributed by atoms with E-state index in [1.807, 2.05) is 19.1 Å². The Kier molecular flexibility index (Phi) is 4.55. The Bertz CT molecular complexity index is 592. The van der Waals surface area contributed by atoms with Crippen molar-refractivity contribution in [1.29, 1.82) is 0 Å². The smallest absolute Gasteiger partial charge is 0.146 e. The lowest BCUT2D eigenvalue weighted by molar-refractivity contribution is 0.336. The second-order valence-corrected chi connectivity index (χ2v) is 6.05. The number of halogens is 1. The number of hydrogen-bond acceptors (Lipinski definition) is 3. The van der Waals surface area contributed by atoms with Gasteiger partial charge < -0.3 is 14.2 Å². The molecule has 2 aromatic rings. The van der Waals surface area contributed by atoms with Gasteiger partial charge in [-0.05, 0) is 40.1 Å². The van der Waals surface area contributed by atoms with Crippen LogP contribution in [-0.4, -0.2) is 42.2 Å². The number of hydrogen-bond donors (Lipinski definition) is 0. The Morgan fingerprint density at radius 2 is 2.05 bits per heavy atom. The zero-order chi connectivity index (χ0) is 14.9. The van der Waals surface area contributed by atoms with Crippen LogP contribution in [0.5, 0.6) is 5.75 Å². The highest BCUT2D eigenvalue weighted by Gasteiger charge is 2.21. The molecule has 5 heteroatoms. The van der Waals surface area contributed by atoms with Crippen molar-refractivity contribution in [3.8, 4) is 5.75 Å². The predicted molar refractivity (Wildman–Crippen MR) is 83.8 cm³/mol. The lowest BCUT2D eigenvalue weighted by Crippen LogP contribution is -2.23. The van der Waals surface area contributed by atoms with E-state index in [1.165, 1.54) is 0 Å². The third kappa shape index (κ3) is 2.76. The van der Waals surface area contributed by atoms with Gasteiger partial charge in [0.2, 0.25) is 0 Å². The molecule has 0 radical (unpaired) electrons. The Morgan fingerprint density at radius 3 is 2.60 bits per heavy atom. The standard InChI is InChI=1S/C15H22ClN3O/c1-10(9-18(3)4)19-12-7-6-8-13(20-5)14(12)17-15(19)11(2)16/h6-8,10-11H,9H2,1-5H3. The summed E-state index contributed by atoms with van der Waals surface area (Å²) in [5, 5.41) is -0.142. The fourth-order valence-electron chi connectivity index (χ4n) is 2.63. The summed E-state index contributed by atoms with van der Waals surface area (Å²) in [5.41, 5.74) is 1.95. The average Bonchev–Trinajstić information content (AvgIpc) is 2.77. The van der Waals surface area contributed by atoms with Crippen LogP contribution in [0.1, 0.15) is 31.1 Å². The van der Waals surface area contributed by atoms with E-state index < -0.39 is 0 Å². The van der Waals surface area contributed by atoms with Gasteiger partial charge in [-0.25, -0.2) is 4.98 Å². The quantitative estimate of drug-likeness (QED) is 0.791. The average molecular weight is 296 g/mol. The monoisotopic (exact) mass is 295 g/mol. The normalized spacial score (nSPS) is 14.8. The highest BCUT2D eigenvalue weighted by molar-refractivity contribution is 6.20. The van der Waals surface area contributed by atoms with Crippen molar-refractivity contribution < 1.29 is 4.74 Å². The molecule has 0 N–H and O–H groups in total. The van der Waals surface area contributed by atoms with Gasteiger partial charge in [0.15, 0.2) is 0 Å². The Balaban J connectivity index is 2.63. The maximum Gasteiger partial charge on any atom is 0.146 e. The first-order chi connectivity index (χ1) is 9.45. The molecule has 0 amide bonds. The number of methoxy groups -OCH3 is 1. The molecule has 0 spiro atoms. The molecule has 2 rings (SSSR count). The second-order valence-electron chi connectivity index (χ2n) is 5.40. The first-order valence-corrected chi connectivity index (χ1v) is 7.23. The van der Waals surface area contributed by atoms with E-state index in [9.17, 15) is 0 Å². The summed E-state index contributed by atoms with van der Waals surface area (Å²) in [5.74, 6) is 1.68. The minimum atomic E-state index is -0.142. The number of fused-ring (bicyclic) bond motifs is 1. The van der Waals surface area contributed by atoms with Crippen molar-refractivity contribution in [3.63, 3.8) is 0 Å². The van der Waals surface area contributed by atoms with E-state index >= 15 is 0 Å². The number of ether oxygens (including phenoxy) is 1. The zero-order valence-corrected chi connectivity index (χ0v) is 13.5. The van der Waals surface area contributed by atoms with Crippen LogP contribution >= 0.6 is 11.6 Å². The fourth-order valence-corrected chi connectivity index (χ4v) is 2.78. The van der Waals surface area contributed by atoms with Gasteiger partial charge in [0.05, 0.1) is 18.0 Å². The van der Waals surface area contributed by atoms with Gasteiger partial charge in [-0.15, -0.1) is 11.6 Å². The fraction of sp³-hybridized carbons (Fsp3) is 0.533. The van der Waals surface area contributed by atoms with Crippen LogP contribution in [0.4, 0.5) is 0 Å². The van der Waals surface area contributed by atoms with E-state index in [2.05, 4.69) is 36.6 Å². The van der Waals surface area contributed by atoms with Crippen molar-refractivity contribution >= 4 is 22.6 Å². The number of alkyl halides is 1. The number of benzene rings is 1. The molecule has 1 aromatic heterocycles. The maximum absolute atomic E-state index is 6.32. The van der Waals surface area contributed by atoms with E-state index in [1.54, 1.807) is 7.11 Å². The molecular formula is C15H22ClN3O. The summed E-state index contributed by atoms with van der Waals surface area (Å²) >= 11 is 6.32. The number of para-hydroxylation sites is 1. The van der Waals surface area contributed by atoms with Crippen LogP contribution < -0.4 is 4.74 Å². The summed E-state index contributed by atoms with van der Waals surface area (Å²) in [4.78, 5) is 6.86. The molecule has 0 bridgehead atoms. The molecule has 4 nitrogen and oxygen atoms in total. The van der Waals surface area contributed by atoms with Crippen LogP contribution in [0.3, 0.4) is 0 Å². The summed E-state index contributed by atoms with van der Waals surface area (Å²) in [6.07, 6.45) is 0. The molecule has 0 aliphatic rings. The summed E-state index contributed by atoms with van der Waals surface area (Å²) in [6, 6.07) is 6.28. The SMILES string of the molecule is COc1cccc2c1nc(C(C)Cl)n2C(C)CN(C)C. The van der Waals surface area contributed by atoms with Gasteiger partial charge in [0, 0.05) is 12.6 Å². The Hall–Kier alpha value is -1.26. The lowest BCUT2D eigenvalue weighted by Gasteiger charge is -2.22. The van der Waals surface area contributed by atoms with Crippen molar-refractivity contribution in [3.05, 3.63) is 24.0 Å². The largest absolute Gasteiger partial charge is 0.494 e. The van der Waals surface area contributed by atoms with Crippen LogP contribution in [0.2, 0.25) is 0 Å². The van der Waals surface area contributed by atoms with Gasteiger partial charge >= 0.3 is 0 Å². The molecule has 110 valence electrons. The van der Waals surface area contributed by atoms with E-state index in [4.69, 9.17) is 21.3 Å². The van der Waals surface area contributed by atoms with Crippen LogP contribution in [-0.2, 0) is 0 Å². The third-order valence-electron chi connectivity index (χ3n) is 3.36.